The van der Waals surface area contributed by atoms with E-state index in [1.807, 2.05) is 35.2 Å². The van der Waals surface area contributed by atoms with Gasteiger partial charge in [-0.2, -0.15) is 0 Å². The summed E-state index contributed by atoms with van der Waals surface area (Å²) in [4.78, 5) is 18.3. The Bertz CT molecular complexity index is 669. The SMILES string of the molecule is [N-]=[N+]=N[C@H]1C(=O)N(CC2CC2)[C@H]2CCCC[C@@H]2O[C@@H]1c1ccccc1. The number of benzene rings is 1. The van der Waals surface area contributed by atoms with Crippen LogP contribution in [0, 0.1) is 5.92 Å². The maximum Gasteiger partial charge on any atom is 0.234 e. The molecule has 0 radical (unpaired) electrons. The van der Waals surface area contributed by atoms with Gasteiger partial charge in [-0.3, -0.25) is 4.79 Å². The van der Waals surface area contributed by atoms with Gasteiger partial charge < -0.3 is 9.64 Å². The second kappa shape index (κ2) is 7.06. The van der Waals surface area contributed by atoms with E-state index in [1.54, 1.807) is 0 Å². The molecule has 1 aromatic carbocycles. The molecule has 1 aliphatic heterocycles. The molecule has 1 amide bonds. The van der Waals surface area contributed by atoms with Crippen LogP contribution in [-0.2, 0) is 9.53 Å². The summed E-state index contributed by atoms with van der Waals surface area (Å²) in [6.45, 7) is 0.780. The highest BCUT2D eigenvalue weighted by atomic mass is 16.5. The minimum Gasteiger partial charge on any atom is -0.367 e. The van der Waals surface area contributed by atoms with Crippen LogP contribution in [0.4, 0.5) is 0 Å². The topological polar surface area (TPSA) is 78.3 Å². The summed E-state index contributed by atoms with van der Waals surface area (Å²) in [5, 5.41) is 3.88. The number of carbonyl (C=O) groups excluding carboxylic acids is 1. The molecule has 3 aliphatic rings. The molecule has 4 atom stereocenters. The molecule has 1 heterocycles. The molecule has 1 aromatic rings. The molecule has 4 rings (SSSR count). The highest BCUT2D eigenvalue weighted by Crippen LogP contribution is 2.39. The second-order valence-electron chi connectivity index (χ2n) is 7.44. The highest BCUT2D eigenvalue weighted by Gasteiger charge is 2.46. The first-order valence-corrected chi connectivity index (χ1v) is 9.33. The van der Waals surface area contributed by atoms with Gasteiger partial charge in [0, 0.05) is 11.5 Å². The van der Waals surface area contributed by atoms with Gasteiger partial charge in [-0.25, -0.2) is 0 Å². The molecule has 132 valence electrons. The number of fused-ring (bicyclic) bond motifs is 1. The maximum absolute atomic E-state index is 13.3. The van der Waals surface area contributed by atoms with Gasteiger partial charge in [-0.1, -0.05) is 48.3 Å². The van der Waals surface area contributed by atoms with Crippen LogP contribution in [0.1, 0.15) is 50.2 Å². The van der Waals surface area contributed by atoms with Gasteiger partial charge in [-0.15, -0.1) is 0 Å². The van der Waals surface area contributed by atoms with Crippen LogP contribution in [-0.4, -0.2) is 35.5 Å². The van der Waals surface area contributed by atoms with Gasteiger partial charge in [0.2, 0.25) is 5.91 Å². The third-order valence-corrected chi connectivity index (χ3v) is 5.67. The fourth-order valence-corrected chi connectivity index (χ4v) is 4.19. The number of nitrogens with zero attached hydrogens (tertiary/aromatic N) is 4. The molecular weight excluding hydrogens is 316 g/mol. The normalized spacial score (nSPS) is 32.5. The fourth-order valence-electron chi connectivity index (χ4n) is 4.19. The lowest BCUT2D eigenvalue weighted by molar-refractivity contribution is -0.135. The molecule has 0 unspecified atom stereocenters. The van der Waals surface area contributed by atoms with Crippen molar-refractivity contribution in [2.75, 3.05) is 6.54 Å². The Hall–Kier alpha value is -2.04. The Labute approximate surface area is 147 Å². The lowest BCUT2D eigenvalue weighted by Gasteiger charge is -2.38. The Kier molecular flexibility index (Phi) is 4.64. The smallest absolute Gasteiger partial charge is 0.234 e. The van der Waals surface area contributed by atoms with Gasteiger partial charge >= 0.3 is 0 Å². The van der Waals surface area contributed by atoms with Crippen LogP contribution in [0.25, 0.3) is 10.4 Å². The van der Waals surface area contributed by atoms with Gasteiger partial charge in [0.1, 0.15) is 12.1 Å². The zero-order valence-corrected chi connectivity index (χ0v) is 14.3. The number of rotatable bonds is 4. The zero-order chi connectivity index (χ0) is 17.2. The number of hydrogen-bond donors (Lipinski definition) is 0. The summed E-state index contributed by atoms with van der Waals surface area (Å²) in [7, 11) is 0. The summed E-state index contributed by atoms with van der Waals surface area (Å²) in [6.07, 6.45) is 6.10. The van der Waals surface area contributed by atoms with E-state index in [4.69, 9.17) is 10.3 Å². The third-order valence-electron chi connectivity index (χ3n) is 5.67. The van der Waals surface area contributed by atoms with E-state index >= 15 is 0 Å². The fraction of sp³-hybridized carbons (Fsp3) is 0.632. The lowest BCUT2D eigenvalue weighted by atomic mass is 9.91. The van der Waals surface area contributed by atoms with Crippen molar-refractivity contribution < 1.29 is 9.53 Å². The summed E-state index contributed by atoms with van der Waals surface area (Å²) >= 11 is 0. The van der Waals surface area contributed by atoms with E-state index < -0.39 is 12.1 Å². The van der Waals surface area contributed by atoms with Crippen LogP contribution >= 0.6 is 0 Å². The Morgan fingerprint density at radius 2 is 1.92 bits per heavy atom. The van der Waals surface area contributed by atoms with Crippen molar-refractivity contribution in [3.8, 4) is 0 Å². The molecule has 25 heavy (non-hydrogen) atoms. The van der Waals surface area contributed by atoms with Gasteiger partial charge in [0.25, 0.3) is 0 Å². The number of ether oxygens (including phenoxy) is 1. The summed E-state index contributed by atoms with van der Waals surface area (Å²) in [5.74, 6) is 0.541. The van der Waals surface area contributed by atoms with Crippen molar-refractivity contribution in [2.45, 2.75) is 62.8 Å². The molecule has 3 fully saturated rings. The van der Waals surface area contributed by atoms with Crippen molar-refractivity contribution in [1.82, 2.24) is 4.90 Å². The molecule has 2 aliphatic carbocycles. The monoisotopic (exact) mass is 340 g/mol. The van der Waals surface area contributed by atoms with Crippen molar-refractivity contribution in [1.29, 1.82) is 0 Å². The van der Waals surface area contributed by atoms with Crippen LogP contribution in [0.5, 0.6) is 0 Å². The number of azide groups is 1. The molecule has 0 N–H and O–H groups in total. The van der Waals surface area contributed by atoms with Gasteiger partial charge in [0.05, 0.1) is 12.1 Å². The first-order chi connectivity index (χ1) is 12.3. The number of amides is 1. The van der Waals surface area contributed by atoms with E-state index in [0.29, 0.717) is 5.92 Å². The van der Waals surface area contributed by atoms with Crippen LogP contribution < -0.4 is 0 Å². The number of carbonyl (C=O) groups is 1. The van der Waals surface area contributed by atoms with Crippen LogP contribution in [0.15, 0.2) is 35.4 Å². The highest BCUT2D eigenvalue weighted by molar-refractivity contribution is 5.83. The summed E-state index contributed by atoms with van der Waals surface area (Å²) in [5.41, 5.74) is 9.97. The average molecular weight is 340 g/mol. The van der Waals surface area contributed by atoms with Crippen molar-refractivity contribution >= 4 is 5.91 Å². The maximum atomic E-state index is 13.3. The molecule has 2 saturated carbocycles. The molecule has 0 bridgehead atoms. The quantitative estimate of drug-likeness (QED) is 0.472. The molecule has 0 aromatic heterocycles. The lowest BCUT2D eigenvalue weighted by Crippen LogP contribution is -2.49. The average Bonchev–Trinajstić information content (AvgIpc) is 3.48. The van der Waals surface area contributed by atoms with Crippen molar-refractivity contribution in [3.63, 3.8) is 0 Å². The van der Waals surface area contributed by atoms with Crippen molar-refractivity contribution in [3.05, 3.63) is 46.3 Å². The number of hydrogen-bond acceptors (Lipinski definition) is 3. The molecule has 1 saturated heterocycles. The van der Waals surface area contributed by atoms with E-state index in [9.17, 15) is 4.79 Å². The molecule has 6 heteroatoms. The Morgan fingerprint density at radius 1 is 1.16 bits per heavy atom. The summed E-state index contributed by atoms with van der Waals surface area (Å²) < 4.78 is 6.44. The van der Waals surface area contributed by atoms with E-state index in [2.05, 4.69) is 10.0 Å². The standard InChI is InChI=1S/C19H24N4O2/c20-22-21-17-18(14-6-2-1-3-7-14)25-16-9-5-4-8-15(16)23(19(17)24)12-13-10-11-13/h1-3,6-7,13,15-18H,4-5,8-12H2/t15-,16-,17+,18+/m0/s1. The Morgan fingerprint density at radius 3 is 2.64 bits per heavy atom. The predicted octanol–water partition coefficient (Wildman–Crippen LogP) is 3.99. The predicted molar refractivity (Wildman–Crippen MR) is 93.7 cm³/mol. The van der Waals surface area contributed by atoms with Crippen LogP contribution in [0.2, 0.25) is 0 Å². The first-order valence-electron chi connectivity index (χ1n) is 9.33. The molecule has 0 spiro atoms. The first kappa shape index (κ1) is 16.4. The van der Waals surface area contributed by atoms with Crippen LogP contribution in [0.3, 0.4) is 0 Å². The van der Waals surface area contributed by atoms with Crippen molar-refractivity contribution in [2.24, 2.45) is 11.0 Å². The van der Waals surface area contributed by atoms with Gasteiger partial charge in [-0.05, 0) is 42.7 Å². The second-order valence-corrected chi connectivity index (χ2v) is 7.44. The Balaban J connectivity index is 1.72. The minimum atomic E-state index is -0.822. The van der Waals surface area contributed by atoms with E-state index in [0.717, 1.165) is 37.8 Å². The minimum absolute atomic E-state index is 0.0283. The zero-order valence-electron chi connectivity index (χ0n) is 14.3. The molecule has 6 nitrogen and oxygen atoms in total. The van der Waals surface area contributed by atoms with E-state index in [-0.39, 0.29) is 18.1 Å². The largest absolute Gasteiger partial charge is 0.367 e. The van der Waals surface area contributed by atoms with Gasteiger partial charge in [0.15, 0.2) is 0 Å². The summed E-state index contributed by atoms with van der Waals surface area (Å²) in [6, 6.07) is 9.00. The van der Waals surface area contributed by atoms with E-state index in [1.165, 1.54) is 12.8 Å². The third kappa shape index (κ3) is 3.37. The molecular formula is C19H24N4O2.